The van der Waals surface area contributed by atoms with Gasteiger partial charge in [0.05, 0.1) is 23.9 Å². The molecular formula is C17H21Cl3FNO5. The van der Waals surface area contributed by atoms with Crippen molar-refractivity contribution in [3.05, 3.63) is 23.0 Å². The van der Waals surface area contributed by atoms with Crippen molar-refractivity contribution in [3.8, 4) is 5.75 Å². The van der Waals surface area contributed by atoms with Gasteiger partial charge in [0.2, 0.25) is 5.56 Å². The van der Waals surface area contributed by atoms with Gasteiger partial charge in [-0.1, -0.05) is 55.6 Å². The van der Waals surface area contributed by atoms with Gasteiger partial charge in [-0.3, -0.25) is 0 Å². The Kier molecular flexibility index (Phi) is 7.08. The van der Waals surface area contributed by atoms with Crippen LogP contribution in [-0.4, -0.2) is 43.8 Å². The van der Waals surface area contributed by atoms with Crippen molar-refractivity contribution >= 4 is 46.6 Å². The van der Waals surface area contributed by atoms with Crippen LogP contribution in [0.25, 0.3) is 0 Å². The average molecular weight is 445 g/mol. The SMILES string of the molecule is COCCOCOc1cc(N2C(=O)OC(Cl)C2(Cl)C(C)(C)C)c(F)cc1Cl. The lowest BCUT2D eigenvalue weighted by Crippen LogP contribution is -2.54. The fourth-order valence-electron chi connectivity index (χ4n) is 2.51. The first kappa shape index (κ1) is 22.3. The number of hydrogen-bond donors (Lipinski definition) is 0. The van der Waals surface area contributed by atoms with Gasteiger partial charge in [0.15, 0.2) is 11.8 Å². The summed E-state index contributed by atoms with van der Waals surface area (Å²) in [5.41, 5.74) is -2.10. The van der Waals surface area contributed by atoms with Crippen LogP contribution >= 0.6 is 34.8 Å². The molecule has 1 aromatic rings. The Hall–Kier alpha value is -0.990. The number of amides is 1. The summed E-state index contributed by atoms with van der Waals surface area (Å²) in [7, 11) is 1.54. The molecule has 1 aliphatic heterocycles. The lowest BCUT2D eigenvalue weighted by molar-refractivity contribution is -0.00844. The maximum absolute atomic E-state index is 14.7. The summed E-state index contributed by atoms with van der Waals surface area (Å²) in [5.74, 6) is -0.658. The normalized spacial score (nSPS) is 22.9. The predicted molar refractivity (Wildman–Crippen MR) is 101 cm³/mol. The molecule has 1 amide bonds. The molecule has 0 bridgehead atoms. The molecule has 0 aliphatic carbocycles. The third-order valence-electron chi connectivity index (χ3n) is 4.04. The summed E-state index contributed by atoms with van der Waals surface area (Å²) in [5, 5.41) is 0.0116. The molecule has 0 aromatic heterocycles. The zero-order chi connectivity index (χ0) is 20.4. The number of benzene rings is 1. The third kappa shape index (κ3) is 4.38. The summed E-state index contributed by atoms with van der Waals surface area (Å²) in [6.45, 7) is 5.85. The van der Waals surface area contributed by atoms with Gasteiger partial charge in [0, 0.05) is 18.6 Å². The van der Waals surface area contributed by atoms with Gasteiger partial charge in [-0.25, -0.2) is 14.1 Å². The molecule has 1 heterocycles. The van der Waals surface area contributed by atoms with E-state index in [1.165, 1.54) is 6.07 Å². The highest BCUT2D eigenvalue weighted by Gasteiger charge is 2.61. The first-order valence-electron chi connectivity index (χ1n) is 8.06. The van der Waals surface area contributed by atoms with Gasteiger partial charge in [0.25, 0.3) is 0 Å². The van der Waals surface area contributed by atoms with Crippen LogP contribution in [0.3, 0.4) is 0 Å². The number of ether oxygens (including phenoxy) is 4. The smallest absolute Gasteiger partial charge is 0.417 e. The predicted octanol–water partition coefficient (Wildman–Crippen LogP) is 4.98. The first-order chi connectivity index (χ1) is 12.5. The van der Waals surface area contributed by atoms with E-state index in [0.717, 1.165) is 11.0 Å². The van der Waals surface area contributed by atoms with Crippen molar-refractivity contribution in [1.82, 2.24) is 0 Å². The molecule has 1 aliphatic rings. The molecular weight excluding hydrogens is 424 g/mol. The monoisotopic (exact) mass is 443 g/mol. The number of anilines is 1. The molecule has 6 nitrogen and oxygen atoms in total. The lowest BCUT2D eigenvalue weighted by Gasteiger charge is -2.41. The zero-order valence-electron chi connectivity index (χ0n) is 15.4. The molecule has 10 heteroatoms. The highest BCUT2D eigenvalue weighted by Crippen LogP contribution is 2.52. The molecule has 0 radical (unpaired) electrons. The van der Waals surface area contributed by atoms with Crippen LogP contribution in [0, 0.1) is 11.2 Å². The van der Waals surface area contributed by atoms with Gasteiger partial charge in [-0.2, -0.15) is 0 Å². The van der Waals surface area contributed by atoms with E-state index in [9.17, 15) is 9.18 Å². The number of methoxy groups -OCH3 is 1. The Balaban J connectivity index is 2.36. The van der Waals surface area contributed by atoms with Crippen molar-refractivity contribution in [2.45, 2.75) is 31.3 Å². The molecule has 2 unspecified atom stereocenters. The summed E-state index contributed by atoms with van der Waals surface area (Å²) < 4.78 is 35.2. The fourth-order valence-corrected chi connectivity index (χ4v) is 3.42. The van der Waals surface area contributed by atoms with E-state index < -0.39 is 27.9 Å². The number of halogens is 4. The second kappa shape index (κ2) is 8.57. The largest absolute Gasteiger partial charge is 0.466 e. The number of hydrogen-bond acceptors (Lipinski definition) is 5. The molecule has 2 atom stereocenters. The summed E-state index contributed by atoms with van der Waals surface area (Å²) in [4.78, 5) is 11.8. The van der Waals surface area contributed by atoms with Crippen LogP contribution in [0.1, 0.15) is 20.8 Å². The van der Waals surface area contributed by atoms with Crippen molar-refractivity contribution < 1.29 is 28.1 Å². The van der Waals surface area contributed by atoms with Crippen LogP contribution in [-0.2, 0) is 14.2 Å². The van der Waals surface area contributed by atoms with Crippen molar-refractivity contribution in [3.63, 3.8) is 0 Å². The van der Waals surface area contributed by atoms with Gasteiger partial charge in [-0.15, -0.1) is 0 Å². The molecule has 1 saturated heterocycles. The number of carbonyl (C=O) groups excluding carboxylic acids is 1. The van der Waals surface area contributed by atoms with Gasteiger partial charge < -0.3 is 18.9 Å². The average Bonchev–Trinajstić information content (AvgIpc) is 2.79. The Labute approximate surface area is 172 Å². The molecule has 0 saturated carbocycles. The Morgan fingerprint density at radius 2 is 2.00 bits per heavy atom. The van der Waals surface area contributed by atoms with Crippen molar-refractivity contribution in [2.24, 2.45) is 5.41 Å². The van der Waals surface area contributed by atoms with E-state index in [4.69, 9.17) is 53.8 Å². The molecule has 0 spiro atoms. The Bertz CT molecular complexity index is 700. The minimum Gasteiger partial charge on any atom is -0.466 e. The molecule has 1 fully saturated rings. The van der Waals surface area contributed by atoms with Crippen LogP contribution in [0.5, 0.6) is 5.75 Å². The van der Waals surface area contributed by atoms with E-state index in [-0.39, 0.29) is 23.3 Å². The summed E-state index contributed by atoms with van der Waals surface area (Å²) in [6.07, 6.45) is -0.872. The van der Waals surface area contributed by atoms with E-state index in [1.54, 1.807) is 27.9 Å². The van der Waals surface area contributed by atoms with Crippen LogP contribution in [0.2, 0.25) is 5.02 Å². The highest BCUT2D eigenvalue weighted by atomic mass is 35.5. The third-order valence-corrected chi connectivity index (χ3v) is 5.78. The fraction of sp³-hybridized carbons (Fsp3) is 0.588. The zero-order valence-corrected chi connectivity index (χ0v) is 17.6. The molecule has 152 valence electrons. The van der Waals surface area contributed by atoms with Crippen LogP contribution < -0.4 is 9.64 Å². The molecule has 1 aromatic carbocycles. The second-order valence-corrected chi connectivity index (χ2v) is 8.24. The minimum absolute atomic E-state index is 0.0116. The molecule has 27 heavy (non-hydrogen) atoms. The number of alkyl halides is 2. The quantitative estimate of drug-likeness (QED) is 0.257. The standard InChI is InChI=1S/C17H21Cl3FNO5/c1-16(2,3)17(20)14(19)27-15(23)22(17)12-8-13(10(18)7-11(12)21)26-9-25-6-5-24-4/h7-8,14H,5-6,9H2,1-4H3. The summed E-state index contributed by atoms with van der Waals surface area (Å²) >= 11 is 18.9. The topological polar surface area (TPSA) is 57.2 Å². The van der Waals surface area contributed by atoms with E-state index in [0.29, 0.717) is 13.2 Å². The second-order valence-electron chi connectivity index (χ2n) is 6.86. The van der Waals surface area contributed by atoms with Gasteiger partial charge >= 0.3 is 6.09 Å². The first-order valence-corrected chi connectivity index (χ1v) is 9.25. The highest BCUT2D eigenvalue weighted by molar-refractivity contribution is 6.37. The van der Waals surface area contributed by atoms with Crippen LogP contribution in [0.4, 0.5) is 14.9 Å². The van der Waals surface area contributed by atoms with E-state index >= 15 is 0 Å². The number of cyclic esters (lactones) is 1. The minimum atomic E-state index is -1.54. The van der Waals surface area contributed by atoms with Gasteiger partial charge in [0.1, 0.15) is 11.6 Å². The Morgan fingerprint density at radius 1 is 1.33 bits per heavy atom. The summed E-state index contributed by atoms with van der Waals surface area (Å²) in [6, 6.07) is 2.28. The van der Waals surface area contributed by atoms with Gasteiger partial charge in [-0.05, 0) is 6.07 Å². The molecule has 2 rings (SSSR count). The van der Waals surface area contributed by atoms with Crippen molar-refractivity contribution in [2.75, 3.05) is 32.0 Å². The number of nitrogens with zero attached hydrogens (tertiary/aromatic N) is 1. The number of rotatable bonds is 7. The van der Waals surface area contributed by atoms with Crippen molar-refractivity contribution in [1.29, 1.82) is 0 Å². The number of carbonyl (C=O) groups is 1. The Morgan fingerprint density at radius 3 is 2.59 bits per heavy atom. The van der Waals surface area contributed by atoms with Crippen LogP contribution in [0.15, 0.2) is 12.1 Å². The maximum Gasteiger partial charge on any atom is 0.417 e. The lowest BCUT2D eigenvalue weighted by atomic mass is 9.85. The molecule has 0 N–H and O–H groups in total. The van der Waals surface area contributed by atoms with E-state index in [1.807, 2.05) is 0 Å². The van der Waals surface area contributed by atoms with E-state index in [2.05, 4.69) is 0 Å². The maximum atomic E-state index is 14.7.